The van der Waals surface area contributed by atoms with E-state index in [9.17, 15) is 13.2 Å². The molecule has 3 aromatic rings. The maximum Gasteiger partial charge on any atom is 0.248 e. The van der Waals surface area contributed by atoms with Gasteiger partial charge in [0, 0.05) is 38.9 Å². The molecule has 8 nitrogen and oxygen atoms in total. The van der Waals surface area contributed by atoms with Crippen LogP contribution >= 0.6 is 0 Å². The summed E-state index contributed by atoms with van der Waals surface area (Å²) < 4.78 is 38.1. The zero-order valence-electron chi connectivity index (χ0n) is 18.9. The lowest BCUT2D eigenvalue weighted by Gasteiger charge is -2.34. The number of methoxy groups -OCH3 is 1. The summed E-state index contributed by atoms with van der Waals surface area (Å²) in [5, 5.41) is -0.112. The Morgan fingerprint density at radius 3 is 2.12 bits per heavy atom. The second kappa shape index (κ2) is 9.36. The first-order chi connectivity index (χ1) is 15.8. The third-order valence-electron chi connectivity index (χ3n) is 5.65. The second-order valence-electron chi connectivity index (χ2n) is 8.11. The van der Waals surface area contributed by atoms with Crippen molar-refractivity contribution in [3.8, 4) is 11.5 Å². The number of aromatic nitrogens is 1. The van der Waals surface area contributed by atoms with E-state index in [1.807, 2.05) is 43.0 Å². The Bertz CT molecular complexity index is 1230. The molecular weight excluding hydrogens is 442 g/mol. The van der Waals surface area contributed by atoms with Crippen LogP contribution in [-0.4, -0.2) is 64.1 Å². The van der Waals surface area contributed by atoms with E-state index in [1.54, 1.807) is 29.2 Å². The van der Waals surface area contributed by atoms with Gasteiger partial charge in [-0.15, -0.1) is 0 Å². The molecule has 1 fully saturated rings. The summed E-state index contributed by atoms with van der Waals surface area (Å²) in [6.07, 6.45) is 0. The molecule has 0 aliphatic carbocycles. The molecule has 0 saturated carbocycles. The molecule has 9 heteroatoms. The van der Waals surface area contributed by atoms with Crippen molar-refractivity contribution in [2.45, 2.75) is 23.8 Å². The van der Waals surface area contributed by atoms with Gasteiger partial charge in [0.25, 0.3) is 0 Å². The number of nitrogens with zero attached hydrogens (tertiary/aromatic N) is 3. The zero-order chi connectivity index (χ0) is 23.6. The number of ether oxygens (including phenoxy) is 1. The molecule has 1 saturated heterocycles. The summed E-state index contributed by atoms with van der Waals surface area (Å²) in [4.78, 5) is 20.3. The number of carbonyl (C=O) groups excluding carboxylic acids is 1. The number of carbonyl (C=O) groups is 1. The maximum atomic E-state index is 13.5. The summed E-state index contributed by atoms with van der Waals surface area (Å²) in [6.45, 7) is 5.62. The molecule has 174 valence electrons. The number of amides is 1. The number of sulfone groups is 1. The minimum atomic E-state index is -3.92. The van der Waals surface area contributed by atoms with Crippen LogP contribution in [0.15, 0.2) is 62.9 Å². The van der Waals surface area contributed by atoms with Gasteiger partial charge in [-0.05, 0) is 38.1 Å². The number of benzene rings is 2. The fourth-order valence-corrected chi connectivity index (χ4v) is 5.02. The van der Waals surface area contributed by atoms with Gasteiger partial charge in [0.2, 0.25) is 32.5 Å². The second-order valence-corrected chi connectivity index (χ2v) is 9.98. The van der Waals surface area contributed by atoms with Crippen LogP contribution in [0.4, 0.5) is 5.88 Å². The van der Waals surface area contributed by atoms with E-state index < -0.39 is 9.84 Å². The van der Waals surface area contributed by atoms with E-state index >= 15 is 0 Å². The average molecular weight is 470 g/mol. The Hall–Kier alpha value is -3.17. The first-order valence-corrected chi connectivity index (χ1v) is 12.2. The fourth-order valence-electron chi connectivity index (χ4n) is 3.70. The van der Waals surface area contributed by atoms with Crippen molar-refractivity contribution in [2.24, 2.45) is 0 Å². The van der Waals surface area contributed by atoms with Gasteiger partial charge >= 0.3 is 0 Å². The third-order valence-corrected chi connectivity index (χ3v) is 7.32. The smallest absolute Gasteiger partial charge is 0.248 e. The van der Waals surface area contributed by atoms with Gasteiger partial charge in [-0.1, -0.05) is 35.4 Å². The van der Waals surface area contributed by atoms with E-state index in [4.69, 9.17) is 9.15 Å². The van der Waals surface area contributed by atoms with Crippen LogP contribution < -0.4 is 4.90 Å². The summed E-state index contributed by atoms with van der Waals surface area (Å²) >= 11 is 0. The first kappa shape index (κ1) is 23.0. The molecule has 1 aliphatic rings. The largest absolute Gasteiger partial charge is 0.419 e. The number of rotatable bonds is 6. The Morgan fingerprint density at radius 1 is 0.970 bits per heavy atom. The highest BCUT2D eigenvalue weighted by atomic mass is 32.2. The van der Waals surface area contributed by atoms with Gasteiger partial charge in [0.05, 0.1) is 4.90 Å². The number of piperazine rings is 1. The van der Waals surface area contributed by atoms with Crippen molar-refractivity contribution in [3.05, 3.63) is 59.7 Å². The maximum absolute atomic E-state index is 13.5. The Kier molecular flexibility index (Phi) is 6.53. The first-order valence-electron chi connectivity index (χ1n) is 10.7. The highest BCUT2D eigenvalue weighted by Crippen LogP contribution is 2.35. The van der Waals surface area contributed by atoms with Crippen LogP contribution in [0.3, 0.4) is 0 Å². The van der Waals surface area contributed by atoms with E-state index in [1.165, 1.54) is 7.11 Å². The van der Waals surface area contributed by atoms with Crippen molar-refractivity contribution in [3.63, 3.8) is 0 Å². The molecule has 0 atom stereocenters. The lowest BCUT2D eigenvalue weighted by Crippen LogP contribution is -2.49. The molecule has 1 aromatic heterocycles. The van der Waals surface area contributed by atoms with Gasteiger partial charge in [-0.25, -0.2) is 8.42 Å². The summed E-state index contributed by atoms with van der Waals surface area (Å²) in [6, 6.07) is 14.2. The summed E-state index contributed by atoms with van der Waals surface area (Å²) in [7, 11) is -2.43. The molecule has 0 unspecified atom stereocenters. The van der Waals surface area contributed by atoms with Gasteiger partial charge in [-0.3, -0.25) is 4.79 Å². The van der Waals surface area contributed by atoms with Gasteiger partial charge in [0.15, 0.2) is 0 Å². The van der Waals surface area contributed by atoms with E-state index in [-0.39, 0.29) is 34.2 Å². The normalized spacial score (nSPS) is 14.5. The predicted molar refractivity (Wildman–Crippen MR) is 124 cm³/mol. The SMILES string of the molecule is COCC(=O)N1CCN(c2oc(-c3ccc(C)cc3)nc2S(=O)(=O)c2ccc(C)cc2)CC1. The monoisotopic (exact) mass is 469 g/mol. The van der Waals surface area contributed by atoms with Crippen molar-refractivity contribution in [1.82, 2.24) is 9.88 Å². The fraction of sp³-hybridized carbons (Fsp3) is 0.333. The topological polar surface area (TPSA) is 92.9 Å². The van der Waals surface area contributed by atoms with Crippen molar-refractivity contribution in [2.75, 3.05) is 44.8 Å². The Balaban J connectivity index is 1.72. The minimum absolute atomic E-state index is 0.0208. The molecule has 0 bridgehead atoms. The summed E-state index contributed by atoms with van der Waals surface area (Å²) in [5.74, 6) is 0.348. The molecule has 2 heterocycles. The highest BCUT2D eigenvalue weighted by Gasteiger charge is 2.33. The molecule has 1 aliphatic heterocycles. The van der Waals surface area contributed by atoms with Crippen molar-refractivity contribution >= 4 is 21.6 Å². The lowest BCUT2D eigenvalue weighted by atomic mass is 10.1. The molecule has 0 radical (unpaired) electrons. The Morgan fingerprint density at radius 2 is 1.55 bits per heavy atom. The summed E-state index contributed by atoms with van der Waals surface area (Å²) in [5.41, 5.74) is 2.74. The number of hydrogen-bond acceptors (Lipinski definition) is 7. The molecular formula is C24H27N3O5S. The van der Waals surface area contributed by atoms with Gasteiger partial charge in [-0.2, -0.15) is 4.98 Å². The van der Waals surface area contributed by atoms with Crippen molar-refractivity contribution < 1.29 is 22.4 Å². The van der Waals surface area contributed by atoms with Crippen molar-refractivity contribution in [1.29, 1.82) is 0 Å². The Labute approximate surface area is 193 Å². The third kappa shape index (κ3) is 4.79. The van der Waals surface area contributed by atoms with Gasteiger partial charge < -0.3 is 19.0 Å². The van der Waals surface area contributed by atoms with E-state index in [0.717, 1.165) is 11.1 Å². The van der Waals surface area contributed by atoms with Crippen LogP contribution in [0.2, 0.25) is 0 Å². The quantitative estimate of drug-likeness (QED) is 0.548. The number of oxazole rings is 1. The molecule has 1 amide bonds. The highest BCUT2D eigenvalue weighted by molar-refractivity contribution is 7.91. The van der Waals surface area contributed by atoms with E-state index in [2.05, 4.69) is 4.98 Å². The lowest BCUT2D eigenvalue weighted by molar-refractivity contribution is -0.135. The van der Waals surface area contributed by atoms with Crippen LogP contribution in [-0.2, 0) is 19.4 Å². The van der Waals surface area contributed by atoms with Crippen LogP contribution in [0.1, 0.15) is 11.1 Å². The molecule has 2 aromatic carbocycles. The molecule has 33 heavy (non-hydrogen) atoms. The molecule has 0 N–H and O–H groups in total. The minimum Gasteiger partial charge on any atom is -0.419 e. The standard InChI is InChI=1S/C24H27N3O5S/c1-17-4-8-19(9-5-17)22-25-23(33(29,30)20-10-6-18(2)7-11-20)24(32-22)27-14-12-26(13-15-27)21(28)16-31-3/h4-11H,12-16H2,1-3H3. The number of hydrogen-bond donors (Lipinski definition) is 0. The van der Waals surface area contributed by atoms with Crippen LogP contribution in [0.25, 0.3) is 11.5 Å². The van der Waals surface area contributed by atoms with Crippen LogP contribution in [0.5, 0.6) is 0 Å². The van der Waals surface area contributed by atoms with E-state index in [0.29, 0.717) is 31.7 Å². The van der Waals surface area contributed by atoms with Crippen LogP contribution in [0, 0.1) is 13.8 Å². The number of aryl methyl sites for hydroxylation is 2. The van der Waals surface area contributed by atoms with Gasteiger partial charge in [0.1, 0.15) is 6.61 Å². The zero-order valence-corrected chi connectivity index (χ0v) is 19.8. The average Bonchev–Trinajstić information content (AvgIpc) is 3.26. The predicted octanol–water partition coefficient (Wildman–Crippen LogP) is 3.09. The molecule has 4 rings (SSSR count). The molecule has 0 spiro atoms. The number of anilines is 1.